The van der Waals surface area contributed by atoms with E-state index in [0.29, 0.717) is 5.95 Å². The fourth-order valence-electron chi connectivity index (χ4n) is 1.93. The molecule has 2 N–H and O–H groups in total. The molecule has 5 heteroatoms. The van der Waals surface area contributed by atoms with Crippen molar-refractivity contribution < 1.29 is 4.74 Å². The van der Waals surface area contributed by atoms with Gasteiger partial charge in [-0.25, -0.2) is 4.98 Å². The van der Waals surface area contributed by atoms with Crippen LogP contribution >= 0.6 is 15.9 Å². The molecule has 1 aromatic heterocycles. The lowest BCUT2D eigenvalue weighted by Crippen LogP contribution is -1.96. The Labute approximate surface area is 115 Å². The van der Waals surface area contributed by atoms with Crippen LogP contribution in [0.5, 0.6) is 5.75 Å². The van der Waals surface area contributed by atoms with Crippen LogP contribution in [0, 0.1) is 13.8 Å². The van der Waals surface area contributed by atoms with Crippen LogP contribution in [0.4, 0.5) is 5.95 Å². The van der Waals surface area contributed by atoms with Crippen molar-refractivity contribution in [2.45, 2.75) is 13.8 Å². The number of anilines is 1. The minimum atomic E-state index is 0.491. The molecule has 2 rings (SSSR count). The second kappa shape index (κ2) is 4.65. The SMILES string of the molecule is COc1cc(C)c(-c2nc(N)n(C)c2Br)cc1C. The van der Waals surface area contributed by atoms with Gasteiger partial charge in [0.2, 0.25) is 5.95 Å². The summed E-state index contributed by atoms with van der Waals surface area (Å²) in [6, 6.07) is 4.09. The monoisotopic (exact) mass is 309 g/mol. The number of aromatic nitrogens is 2. The minimum Gasteiger partial charge on any atom is -0.496 e. The van der Waals surface area contributed by atoms with Crippen molar-refractivity contribution in [3.05, 3.63) is 27.9 Å². The number of rotatable bonds is 2. The topological polar surface area (TPSA) is 53.1 Å². The lowest BCUT2D eigenvalue weighted by molar-refractivity contribution is 0.411. The number of hydrogen-bond acceptors (Lipinski definition) is 3. The standard InChI is InChI=1S/C13H16BrN3O/c1-7-6-10(18-4)8(2)5-9(7)11-12(14)17(3)13(15)16-11/h5-6H,1-4H3,(H2,15,16). The van der Waals surface area contributed by atoms with Gasteiger partial charge in [0.05, 0.1) is 7.11 Å². The molecular formula is C13H16BrN3O. The van der Waals surface area contributed by atoms with Gasteiger partial charge in [-0.15, -0.1) is 0 Å². The summed E-state index contributed by atoms with van der Waals surface area (Å²) < 4.78 is 8.01. The van der Waals surface area contributed by atoms with E-state index in [-0.39, 0.29) is 0 Å². The number of nitrogens with two attached hydrogens (primary N) is 1. The van der Waals surface area contributed by atoms with Crippen LogP contribution in [0.3, 0.4) is 0 Å². The molecule has 0 aliphatic heterocycles. The second-order valence-corrected chi connectivity index (χ2v) is 5.06. The van der Waals surface area contributed by atoms with Crippen molar-refractivity contribution in [3.8, 4) is 17.0 Å². The zero-order valence-electron chi connectivity index (χ0n) is 10.9. The highest BCUT2D eigenvalue weighted by Gasteiger charge is 2.15. The molecule has 0 saturated heterocycles. The Morgan fingerprint density at radius 1 is 1.28 bits per heavy atom. The number of ether oxygens (including phenoxy) is 1. The smallest absolute Gasteiger partial charge is 0.201 e. The molecule has 4 nitrogen and oxygen atoms in total. The Hall–Kier alpha value is -1.49. The van der Waals surface area contributed by atoms with Gasteiger partial charge >= 0.3 is 0 Å². The van der Waals surface area contributed by atoms with E-state index in [0.717, 1.165) is 32.7 Å². The first kappa shape index (κ1) is 13.0. The quantitative estimate of drug-likeness (QED) is 0.927. The van der Waals surface area contributed by atoms with Gasteiger partial charge in [0.1, 0.15) is 16.0 Å². The Bertz CT molecular complexity index is 605. The van der Waals surface area contributed by atoms with Crippen molar-refractivity contribution in [2.24, 2.45) is 7.05 Å². The normalized spacial score (nSPS) is 10.7. The number of benzene rings is 1. The largest absolute Gasteiger partial charge is 0.496 e. The number of aryl methyl sites for hydroxylation is 2. The van der Waals surface area contributed by atoms with Gasteiger partial charge < -0.3 is 15.0 Å². The van der Waals surface area contributed by atoms with E-state index >= 15 is 0 Å². The zero-order valence-corrected chi connectivity index (χ0v) is 12.5. The predicted octanol–water partition coefficient (Wildman–Crippen LogP) is 3.06. The van der Waals surface area contributed by atoms with Crippen molar-refractivity contribution in [2.75, 3.05) is 12.8 Å². The Balaban J connectivity index is 2.64. The first-order valence-corrected chi connectivity index (χ1v) is 6.38. The van der Waals surface area contributed by atoms with Gasteiger partial charge in [-0.3, -0.25) is 0 Å². The summed E-state index contributed by atoms with van der Waals surface area (Å²) in [6.45, 7) is 4.05. The first-order valence-electron chi connectivity index (χ1n) is 5.59. The van der Waals surface area contributed by atoms with Crippen LogP contribution < -0.4 is 10.5 Å². The van der Waals surface area contributed by atoms with E-state index in [1.807, 2.05) is 31.5 Å². The second-order valence-electron chi connectivity index (χ2n) is 4.31. The number of methoxy groups -OCH3 is 1. The van der Waals surface area contributed by atoms with E-state index in [2.05, 4.69) is 27.0 Å². The fourth-order valence-corrected chi connectivity index (χ4v) is 2.42. The van der Waals surface area contributed by atoms with Crippen LogP contribution in [0.1, 0.15) is 11.1 Å². The minimum absolute atomic E-state index is 0.491. The van der Waals surface area contributed by atoms with Crippen LogP contribution in [0.15, 0.2) is 16.7 Å². The lowest BCUT2D eigenvalue weighted by Gasteiger charge is -2.10. The van der Waals surface area contributed by atoms with Crippen molar-refractivity contribution in [1.82, 2.24) is 9.55 Å². The molecule has 1 aromatic carbocycles. The van der Waals surface area contributed by atoms with Gasteiger partial charge in [0, 0.05) is 12.6 Å². The summed E-state index contributed by atoms with van der Waals surface area (Å²) in [5, 5.41) is 0. The van der Waals surface area contributed by atoms with Crippen LogP contribution in [0.2, 0.25) is 0 Å². The van der Waals surface area contributed by atoms with Crippen molar-refractivity contribution >= 4 is 21.9 Å². The van der Waals surface area contributed by atoms with Crippen molar-refractivity contribution in [1.29, 1.82) is 0 Å². The molecule has 2 aromatic rings. The molecule has 0 atom stereocenters. The number of nitrogens with zero attached hydrogens (tertiary/aromatic N) is 2. The average Bonchev–Trinajstić information content (AvgIpc) is 2.59. The molecule has 1 heterocycles. The summed E-state index contributed by atoms with van der Waals surface area (Å²) >= 11 is 3.52. The first-order chi connectivity index (χ1) is 8.45. The van der Waals surface area contributed by atoms with Crippen molar-refractivity contribution in [3.63, 3.8) is 0 Å². The third-order valence-corrected chi connectivity index (χ3v) is 3.96. The van der Waals surface area contributed by atoms with E-state index in [1.165, 1.54) is 0 Å². The molecule has 0 spiro atoms. The fraction of sp³-hybridized carbons (Fsp3) is 0.308. The summed E-state index contributed by atoms with van der Waals surface area (Å²) in [5.41, 5.74) is 9.93. The highest BCUT2D eigenvalue weighted by Crippen LogP contribution is 2.34. The highest BCUT2D eigenvalue weighted by molar-refractivity contribution is 9.10. The van der Waals surface area contributed by atoms with Gasteiger partial charge in [0.15, 0.2) is 0 Å². The Morgan fingerprint density at radius 3 is 2.44 bits per heavy atom. The molecule has 0 radical (unpaired) electrons. The molecule has 0 bridgehead atoms. The molecule has 0 saturated carbocycles. The van der Waals surface area contributed by atoms with E-state index < -0.39 is 0 Å². The van der Waals surface area contributed by atoms with Gasteiger partial charge in [-0.2, -0.15) is 0 Å². The predicted molar refractivity (Wildman–Crippen MR) is 76.8 cm³/mol. The maximum absolute atomic E-state index is 5.82. The van der Waals surface area contributed by atoms with Gasteiger partial charge in [-0.05, 0) is 53.0 Å². The summed E-state index contributed by atoms with van der Waals surface area (Å²) in [6.07, 6.45) is 0. The molecule has 0 amide bonds. The Morgan fingerprint density at radius 2 is 1.94 bits per heavy atom. The molecule has 0 unspecified atom stereocenters. The molecule has 18 heavy (non-hydrogen) atoms. The molecular weight excluding hydrogens is 294 g/mol. The highest BCUT2D eigenvalue weighted by atomic mass is 79.9. The molecule has 0 aliphatic carbocycles. The summed E-state index contributed by atoms with van der Waals surface area (Å²) in [4.78, 5) is 4.39. The van der Waals surface area contributed by atoms with Crippen LogP contribution in [-0.2, 0) is 7.05 Å². The van der Waals surface area contributed by atoms with Crippen LogP contribution in [-0.4, -0.2) is 16.7 Å². The summed E-state index contributed by atoms with van der Waals surface area (Å²) in [5.74, 6) is 1.38. The maximum Gasteiger partial charge on any atom is 0.201 e. The van der Waals surface area contributed by atoms with Gasteiger partial charge in [0.25, 0.3) is 0 Å². The number of nitrogen functional groups attached to an aromatic ring is 1. The summed E-state index contributed by atoms with van der Waals surface area (Å²) in [7, 11) is 3.55. The number of hydrogen-bond donors (Lipinski definition) is 1. The maximum atomic E-state index is 5.82. The van der Waals surface area contributed by atoms with E-state index in [9.17, 15) is 0 Å². The molecule has 96 valence electrons. The van der Waals surface area contributed by atoms with E-state index in [1.54, 1.807) is 7.11 Å². The number of imidazole rings is 1. The average molecular weight is 310 g/mol. The van der Waals surface area contributed by atoms with Gasteiger partial charge in [-0.1, -0.05) is 0 Å². The Kier molecular flexibility index (Phi) is 3.34. The van der Waals surface area contributed by atoms with Crippen LogP contribution in [0.25, 0.3) is 11.3 Å². The number of halogens is 1. The van der Waals surface area contributed by atoms with E-state index in [4.69, 9.17) is 10.5 Å². The molecule has 0 aliphatic rings. The molecule has 0 fully saturated rings. The third kappa shape index (κ3) is 1.99. The zero-order chi connectivity index (χ0) is 13.4. The third-order valence-electron chi connectivity index (χ3n) is 3.06. The lowest BCUT2D eigenvalue weighted by atomic mass is 10.0.